The van der Waals surface area contributed by atoms with E-state index >= 15 is 0 Å². The first-order valence-electron chi connectivity index (χ1n) is 7.50. The third kappa shape index (κ3) is 2.70. The highest BCUT2D eigenvalue weighted by molar-refractivity contribution is 6.00. The van der Waals surface area contributed by atoms with Crippen molar-refractivity contribution in [3.63, 3.8) is 0 Å². The van der Waals surface area contributed by atoms with Crippen LogP contribution in [0.1, 0.15) is 17.5 Å². The Kier molecular flexibility index (Phi) is 3.15. The molecular weight excluding hydrogens is 294 g/mol. The first kappa shape index (κ1) is 13.6. The zero-order chi connectivity index (χ0) is 15.8. The molecule has 0 aliphatic heterocycles. The molecule has 3 N–H and O–H groups in total. The van der Waals surface area contributed by atoms with Gasteiger partial charge < -0.3 is 15.1 Å². The Bertz CT molecular complexity index is 955. The fourth-order valence-electron chi connectivity index (χ4n) is 2.97. The van der Waals surface area contributed by atoms with Crippen LogP contribution in [0, 0.1) is 0 Å². The molecule has 0 saturated heterocycles. The monoisotopic (exact) mass is 309 g/mol. The van der Waals surface area contributed by atoms with E-state index in [9.17, 15) is 9.59 Å². The van der Waals surface area contributed by atoms with Crippen molar-refractivity contribution in [2.45, 2.75) is 19.3 Å². The quantitative estimate of drug-likeness (QED) is 0.679. The number of carbonyl (C=O) groups excluding carboxylic acids is 1. The molecule has 1 aromatic heterocycles. The van der Waals surface area contributed by atoms with Gasteiger partial charge in [-0.2, -0.15) is 0 Å². The molecule has 0 saturated carbocycles. The van der Waals surface area contributed by atoms with Crippen molar-refractivity contribution in [2.75, 3.05) is 10.6 Å². The van der Waals surface area contributed by atoms with Gasteiger partial charge in [-0.05, 0) is 54.7 Å². The maximum atomic E-state index is 12.1. The van der Waals surface area contributed by atoms with Crippen LogP contribution in [0.2, 0.25) is 0 Å². The summed E-state index contributed by atoms with van der Waals surface area (Å²) in [6.45, 7) is 0. The minimum Gasteiger partial charge on any atom is -0.408 e. The molecular formula is C17H15N3O3. The molecule has 2 aromatic carbocycles. The summed E-state index contributed by atoms with van der Waals surface area (Å²) in [4.78, 5) is 25.8. The SMILES string of the molecule is O=C(Nc1ccc2c(c1)CCC2)Nc1ccc2[nH]c(=O)oc2c1. The minimum absolute atomic E-state index is 0.333. The summed E-state index contributed by atoms with van der Waals surface area (Å²) in [6, 6.07) is 10.7. The number of oxazole rings is 1. The number of carbonyl (C=O) groups is 1. The first-order chi connectivity index (χ1) is 11.2. The number of anilines is 2. The third-order valence-electron chi connectivity index (χ3n) is 4.04. The molecule has 116 valence electrons. The second kappa shape index (κ2) is 5.31. The van der Waals surface area contributed by atoms with Crippen LogP contribution < -0.4 is 16.4 Å². The van der Waals surface area contributed by atoms with Crippen LogP contribution in [0.4, 0.5) is 16.2 Å². The number of urea groups is 1. The fraction of sp³-hybridized carbons (Fsp3) is 0.176. The summed E-state index contributed by atoms with van der Waals surface area (Å²) < 4.78 is 4.98. The van der Waals surface area contributed by atoms with Crippen molar-refractivity contribution >= 4 is 28.5 Å². The second-order valence-electron chi connectivity index (χ2n) is 5.64. The molecule has 23 heavy (non-hydrogen) atoms. The zero-order valence-electron chi connectivity index (χ0n) is 12.3. The molecule has 0 unspecified atom stereocenters. The van der Waals surface area contributed by atoms with Crippen LogP contribution in [0.15, 0.2) is 45.6 Å². The molecule has 0 radical (unpaired) electrons. The lowest BCUT2D eigenvalue weighted by atomic mass is 10.1. The van der Waals surface area contributed by atoms with E-state index in [1.165, 1.54) is 17.5 Å². The van der Waals surface area contributed by atoms with Crippen LogP contribution in [-0.2, 0) is 12.8 Å². The molecule has 1 aliphatic rings. The third-order valence-corrected chi connectivity index (χ3v) is 4.04. The number of H-pyrrole nitrogens is 1. The van der Waals surface area contributed by atoms with Crippen LogP contribution in [0.3, 0.4) is 0 Å². The Hall–Kier alpha value is -3.02. The van der Waals surface area contributed by atoms with Gasteiger partial charge in [0.2, 0.25) is 0 Å². The summed E-state index contributed by atoms with van der Waals surface area (Å²) in [5.74, 6) is -0.514. The number of fused-ring (bicyclic) bond motifs is 2. The molecule has 4 rings (SSSR count). The molecule has 6 nitrogen and oxygen atoms in total. The normalized spacial score (nSPS) is 13.0. The maximum absolute atomic E-state index is 12.1. The van der Waals surface area contributed by atoms with Crippen LogP contribution in [0.25, 0.3) is 11.1 Å². The molecule has 1 aliphatic carbocycles. The van der Waals surface area contributed by atoms with Gasteiger partial charge >= 0.3 is 11.8 Å². The van der Waals surface area contributed by atoms with E-state index in [2.05, 4.69) is 21.7 Å². The molecule has 2 amide bonds. The highest BCUT2D eigenvalue weighted by Gasteiger charge is 2.12. The van der Waals surface area contributed by atoms with Gasteiger partial charge in [-0.1, -0.05) is 6.07 Å². The molecule has 0 atom stereocenters. The number of amides is 2. The van der Waals surface area contributed by atoms with Gasteiger partial charge in [-0.25, -0.2) is 9.59 Å². The van der Waals surface area contributed by atoms with E-state index in [1.54, 1.807) is 18.2 Å². The summed E-state index contributed by atoms with van der Waals surface area (Å²) in [7, 11) is 0. The highest BCUT2D eigenvalue weighted by Crippen LogP contribution is 2.25. The molecule has 0 fully saturated rings. The average molecular weight is 309 g/mol. The number of aromatic amines is 1. The Morgan fingerprint density at radius 1 is 1.00 bits per heavy atom. The Morgan fingerprint density at radius 3 is 2.61 bits per heavy atom. The first-order valence-corrected chi connectivity index (χ1v) is 7.50. The van der Waals surface area contributed by atoms with Gasteiger partial charge in [-0.15, -0.1) is 0 Å². The smallest absolute Gasteiger partial charge is 0.408 e. The van der Waals surface area contributed by atoms with Gasteiger partial charge in [0.1, 0.15) is 0 Å². The average Bonchev–Trinajstić information content (AvgIpc) is 3.11. The van der Waals surface area contributed by atoms with Crippen LogP contribution in [-0.4, -0.2) is 11.0 Å². The summed E-state index contributed by atoms with van der Waals surface area (Å²) in [5.41, 5.74) is 5.00. The highest BCUT2D eigenvalue weighted by atomic mass is 16.4. The van der Waals surface area contributed by atoms with Gasteiger partial charge in [-0.3, -0.25) is 4.98 Å². The molecule has 3 aromatic rings. The predicted molar refractivity (Wildman–Crippen MR) is 87.9 cm³/mol. The Balaban J connectivity index is 1.49. The number of hydrogen-bond donors (Lipinski definition) is 3. The maximum Gasteiger partial charge on any atom is 0.417 e. The number of aryl methyl sites for hydroxylation is 2. The number of aromatic nitrogens is 1. The number of benzene rings is 2. The van der Waals surface area contributed by atoms with E-state index < -0.39 is 5.76 Å². The predicted octanol–water partition coefficient (Wildman–Crippen LogP) is 3.25. The topological polar surface area (TPSA) is 87.1 Å². The van der Waals surface area contributed by atoms with Crippen LogP contribution in [0.5, 0.6) is 0 Å². The van der Waals surface area contributed by atoms with Gasteiger partial charge in [0, 0.05) is 17.4 Å². The van der Waals surface area contributed by atoms with E-state index in [0.717, 1.165) is 18.5 Å². The lowest BCUT2D eigenvalue weighted by molar-refractivity contribution is 0.262. The van der Waals surface area contributed by atoms with Crippen molar-refractivity contribution in [3.05, 3.63) is 58.1 Å². The largest absolute Gasteiger partial charge is 0.417 e. The van der Waals surface area contributed by atoms with Gasteiger partial charge in [0.25, 0.3) is 0 Å². The van der Waals surface area contributed by atoms with Gasteiger partial charge in [0.05, 0.1) is 5.52 Å². The molecule has 6 heteroatoms. The van der Waals surface area contributed by atoms with Gasteiger partial charge in [0.15, 0.2) is 5.58 Å². The Morgan fingerprint density at radius 2 is 1.74 bits per heavy atom. The van der Waals surface area contributed by atoms with Crippen molar-refractivity contribution in [2.24, 2.45) is 0 Å². The number of rotatable bonds is 2. The summed E-state index contributed by atoms with van der Waals surface area (Å²) >= 11 is 0. The summed E-state index contributed by atoms with van der Waals surface area (Å²) in [6.07, 6.45) is 3.35. The summed E-state index contributed by atoms with van der Waals surface area (Å²) in [5, 5.41) is 5.56. The van der Waals surface area contributed by atoms with E-state index in [1.807, 2.05) is 12.1 Å². The fourth-order valence-corrected chi connectivity index (χ4v) is 2.97. The van der Waals surface area contributed by atoms with E-state index in [0.29, 0.717) is 16.8 Å². The Labute approximate surface area is 131 Å². The molecule has 0 spiro atoms. The standard InChI is InChI=1S/C17H15N3O3/c21-16(18-12-5-4-10-2-1-3-11(10)8-12)19-13-6-7-14-15(9-13)23-17(22)20-14/h4-9H,1-3H2,(H,20,22)(H2,18,19,21). The van der Waals surface area contributed by atoms with E-state index in [-0.39, 0.29) is 6.03 Å². The molecule has 0 bridgehead atoms. The van der Waals surface area contributed by atoms with Crippen molar-refractivity contribution in [1.29, 1.82) is 0 Å². The lowest BCUT2D eigenvalue weighted by Crippen LogP contribution is -2.19. The lowest BCUT2D eigenvalue weighted by Gasteiger charge is -2.09. The van der Waals surface area contributed by atoms with Crippen LogP contribution >= 0.6 is 0 Å². The van der Waals surface area contributed by atoms with Crippen molar-refractivity contribution in [3.8, 4) is 0 Å². The number of nitrogens with one attached hydrogen (secondary N) is 3. The van der Waals surface area contributed by atoms with Crippen molar-refractivity contribution < 1.29 is 9.21 Å². The van der Waals surface area contributed by atoms with E-state index in [4.69, 9.17) is 4.42 Å². The van der Waals surface area contributed by atoms with Crippen molar-refractivity contribution in [1.82, 2.24) is 4.98 Å². The molecule has 1 heterocycles. The number of hydrogen-bond acceptors (Lipinski definition) is 3. The second-order valence-corrected chi connectivity index (χ2v) is 5.64. The zero-order valence-corrected chi connectivity index (χ0v) is 12.3. The minimum atomic E-state index is -0.514.